The third kappa shape index (κ3) is 8.39. The molecule has 1 aromatic carbocycles. The van der Waals surface area contributed by atoms with Crippen LogP contribution in [0.1, 0.15) is 30.4 Å². The molecule has 2 aliphatic rings. The molecule has 0 unspecified atom stereocenters. The molecule has 0 aliphatic carbocycles. The van der Waals surface area contributed by atoms with E-state index >= 15 is 8.78 Å². The van der Waals surface area contributed by atoms with Crippen LogP contribution >= 0.6 is 11.6 Å². The van der Waals surface area contributed by atoms with Crippen molar-refractivity contribution in [3.63, 3.8) is 0 Å². The fourth-order valence-electron chi connectivity index (χ4n) is 5.08. The number of H-pyrrole nitrogens is 1. The molecule has 2 aromatic rings. The molecule has 1 saturated heterocycles. The number of primary amides is 1. The summed E-state index contributed by atoms with van der Waals surface area (Å²) >= 11 is 5.90. The van der Waals surface area contributed by atoms with Gasteiger partial charge in [-0.3, -0.25) is 24.3 Å². The molecular weight excluding hydrogens is 697 g/mol. The van der Waals surface area contributed by atoms with Crippen LogP contribution < -0.4 is 26.8 Å². The van der Waals surface area contributed by atoms with E-state index in [9.17, 15) is 32.3 Å². The molecule has 0 atom stereocenters. The summed E-state index contributed by atoms with van der Waals surface area (Å²) in [4.78, 5) is 63.4. The number of aryl methyl sites for hydroxylation is 1. The molecule has 1 aromatic heterocycles. The number of nitrogens with two attached hydrogens (primary N) is 1. The minimum Gasteiger partial charge on any atom is -0.393 e. The van der Waals surface area contributed by atoms with Gasteiger partial charge in [0.05, 0.1) is 35.2 Å². The largest absolute Gasteiger partial charge is 0.424 e. The first-order chi connectivity index (χ1) is 23.6. The average Bonchev–Trinajstić information content (AvgIpc) is 3.15. The topological polar surface area (TPSA) is 181 Å². The van der Waals surface area contributed by atoms with Gasteiger partial charge in [0.2, 0.25) is 0 Å². The second-order valence-electron chi connectivity index (χ2n) is 10.9. The molecule has 20 heteroatoms. The Morgan fingerprint density at radius 2 is 1.82 bits per heavy atom. The molecular formula is C30H33ClF5N9O5. The van der Waals surface area contributed by atoms with Crippen LogP contribution in [0, 0.1) is 0 Å². The Bertz CT molecular complexity index is 1820. The molecule has 0 radical (unpaired) electrons. The first kappa shape index (κ1) is 37.8. The van der Waals surface area contributed by atoms with Crippen molar-refractivity contribution in [2.75, 3.05) is 56.7 Å². The lowest BCUT2D eigenvalue weighted by atomic mass is 10.1. The fourth-order valence-corrected chi connectivity index (χ4v) is 5.31. The smallest absolute Gasteiger partial charge is 0.393 e. The molecule has 3 amide bonds. The standard InChI is InChI=1S/C30H33ClF5N9O5/c1-3-21-23(43-8-10-44(11-9-43)26(47)19(15-38-2)24(37)46)27(48)45(42-25(40-16-39-21)17-6-12-50-13-7-17)30(35,36)28(49)41-22-5-4-18(14-20(22)31)29(32,33)34/h4-6,14-16,38H,3,7-13H2,1-2H3,(H2,37,46)(H,41,49)(H,39,40,42)/b19-15+,23-21?. The second kappa shape index (κ2) is 15.7. The van der Waals surface area contributed by atoms with Crippen LogP contribution in [0.5, 0.6) is 0 Å². The fraction of sp³-hybridized carbons (Fsp3) is 0.400. The molecule has 14 nitrogen and oxygen atoms in total. The number of nitrogens with one attached hydrogen (secondary N) is 3. The summed E-state index contributed by atoms with van der Waals surface area (Å²) in [6.45, 7) is 1.64. The number of anilines is 2. The van der Waals surface area contributed by atoms with Crippen molar-refractivity contribution in [2.24, 2.45) is 5.73 Å². The number of hydrogen-bond donors (Lipinski definition) is 4. The number of nitrogens with zero attached hydrogens (tertiary/aromatic N) is 5. The van der Waals surface area contributed by atoms with Crippen molar-refractivity contribution >= 4 is 46.3 Å². The van der Waals surface area contributed by atoms with Gasteiger partial charge in [0.25, 0.3) is 17.4 Å². The number of aromatic nitrogens is 4. The van der Waals surface area contributed by atoms with Crippen molar-refractivity contribution < 1.29 is 41.1 Å². The summed E-state index contributed by atoms with van der Waals surface area (Å²) in [5.41, 5.74) is 1.90. The second-order valence-corrected chi connectivity index (χ2v) is 11.3. The van der Waals surface area contributed by atoms with Gasteiger partial charge in [-0.1, -0.05) is 24.6 Å². The van der Waals surface area contributed by atoms with E-state index in [1.54, 1.807) is 6.92 Å². The zero-order valence-electron chi connectivity index (χ0n) is 26.7. The lowest BCUT2D eigenvalue weighted by molar-refractivity contribution is -0.158. The predicted molar refractivity (Wildman–Crippen MR) is 171 cm³/mol. The van der Waals surface area contributed by atoms with E-state index in [2.05, 4.69) is 20.4 Å². The normalized spacial score (nSPS) is 15.6. The Balaban J connectivity index is 1.83. The van der Waals surface area contributed by atoms with Crippen LogP contribution in [-0.2, 0) is 37.8 Å². The van der Waals surface area contributed by atoms with E-state index in [1.165, 1.54) is 22.9 Å². The third-order valence-electron chi connectivity index (χ3n) is 7.67. The summed E-state index contributed by atoms with van der Waals surface area (Å²) < 4.78 is 77.1. The first-order valence-electron chi connectivity index (χ1n) is 15.1. The van der Waals surface area contributed by atoms with E-state index in [1.807, 2.05) is 5.32 Å². The molecule has 0 saturated carbocycles. The summed E-state index contributed by atoms with van der Waals surface area (Å²) in [7, 11) is 1.47. The summed E-state index contributed by atoms with van der Waals surface area (Å²) in [5.74, 6) is -4.01. The highest BCUT2D eigenvalue weighted by Crippen LogP contribution is 2.34. The monoisotopic (exact) mass is 729 g/mol. The number of aromatic amines is 1. The lowest BCUT2D eigenvalue weighted by Crippen LogP contribution is -2.52. The van der Waals surface area contributed by atoms with Crippen LogP contribution in [0.4, 0.5) is 33.3 Å². The van der Waals surface area contributed by atoms with Gasteiger partial charge in [-0.15, -0.1) is 0 Å². The molecule has 50 heavy (non-hydrogen) atoms. The van der Waals surface area contributed by atoms with Crippen LogP contribution in [0.15, 0.2) is 47.2 Å². The third-order valence-corrected chi connectivity index (χ3v) is 7.98. The zero-order valence-corrected chi connectivity index (χ0v) is 27.5. The number of halogens is 6. The van der Waals surface area contributed by atoms with Crippen LogP contribution in [0.25, 0.3) is 5.57 Å². The Hall–Kier alpha value is -5.04. The lowest BCUT2D eigenvalue weighted by Gasteiger charge is -2.36. The van der Waals surface area contributed by atoms with E-state index in [4.69, 9.17) is 22.1 Å². The number of hydrogen-bond acceptors (Lipinski definition) is 9. The summed E-state index contributed by atoms with van der Waals surface area (Å²) in [5, 5.41) is 5.98. The van der Waals surface area contributed by atoms with Gasteiger partial charge in [0.15, 0.2) is 0 Å². The maximum absolute atomic E-state index is 16.3. The molecule has 2 aliphatic heterocycles. The number of alkyl halides is 5. The molecule has 3 heterocycles. The van der Waals surface area contributed by atoms with Crippen molar-refractivity contribution in [2.45, 2.75) is 32.0 Å². The van der Waals surface area contributed by atoms with Crippen molar-refractivity contribution in [1.82, 2.24) is 30.0 Å². The first-order valence-corrected chi connectivity index (χ1v) is 15.5. The molecule has 5 N–H and O–H groups in total. The van der Waals surface area contributed by atoms with Crippen molar-refractivity contribution in [3.8, 4) is 0 Å². The Morgan fingerprint density at radius 1 is 1.12 bits per heavy atom. The van der Waals surface area contributed by atoms with E-state index < -0.39 is 51.8 Å². The van der Waals surface area contributed by atoms with Gasteiger partial charge < -0.3 is 30.9 Å². The highest BCUT2D eigenvalue weighted by atomic mass is 35.5. The van der Waals surface area contributed by atoms with Crippen LogP contribution in [0.3, 0.4) is 0 Å². The summed E-state index contributed by atoms with van der Waals surface area (Å²) in [6.07, 6.45) is -0.800. The zero-order chi connectivity index (χ0) is 36.8. The highest BCUT2D eigenvalue weighted by molar-refractivity contribution is 6.33. The van der Waals surface area contributed by atoms with Gasteiger partial charge in [-0.05, 0) is 36.6 Å². The number of rotatable bonds is 9. The van der Waals surface area contributed by atoms with Crippen molar-refractivity contribution in [1.29, 1.82) is 0 Å². The van der Waals surface area contributed by atoms with E-state index in [-0.39, 0.29) is 79.7 Å². The summed E-state index contributed by atoms with van der Waals surface area (Å²) in [6, 6.07) is -3.02. The quantitative estimate of drug-likeness (QED) is 0.131. The SMILES string of the molecule is CCc1ncnc(C2=CCOCC2)[nH]n(C(F)(F)C(=O)Nc2ccc(C(F)(F)F)cc2Cl)c(=O)c1N1CCN(C(=O)/C(=C/NC)C(N)=O)CC1. The number of carbonyl (C=O) groups is 3. The minimum atomic E-state index is -4.79. The van der Waals surface area contributed by atoms with Gasteiger partial charge in [0.1, 0.15) is 23.4 Å². The maximum Gasteiger partial charge on any atom is 0.424 e. The molecule has 4 rings (SSSR count). The van der Waals surface area contributed by atoms with Gasteiger partial charge in [-0.2, -0.15) is 26.6 Å². The number of benzene rings is 1. The molecule has 0 bridgehead atoms. The Morgan fingerprint density at radius 3 is 2.38 bits per heavy atom. The molecule has 1 fully saturated rings. The van der Waals surface area contributed by atoms with E-state index in [0.29, 0.717) is 23.8 Å². The van der Waals surface area contributed by atoms with Gasteiger partial charge in [-0.25, -0.2) is 9.97 Å². The Kier molecular flexibility index (Phi) is 11.8. The van der Waals surface area contributed by atoms with Crippen LogP contribution in [0.2, 0.25) is 5.02 Å². The van der Waals surface area contributed by atoms with Crippen LogP contribution in [-0.4, -0.2) is 88.8 Å². The molecule has 270 valence electrons. The number of carbonyl (C=O) groups excluding carboxylic acids is 3. The minimum absolute atomic E-state index is 0.0161. The van der Waals surface area contributed by atoms with Gasteiger partial charge >= 0.3 is 18.1 Å². The maximum atomic E-state index is 16.3. The molecule has 0 spiro atoms. The Labute approximate surface area is 286 Å². The average molecular weight is 730 g/mol. The van der Waals surface area contributed by atoms with Gasteiger partial charge in [0, 0.05) is 39.4 Å². The number of ether oxygens (including phenoxy) is 1. The van der Waals surface area contributed by atoms with Crippen molar-refractivity contribution in [3.05, 3.63) is 74.8 Å². The number of amides is 3. The van der Waals surface area contributed by atoms with E-state index in [0.717, 1.165) is 12.5 Å². The number of piperazine rings is 1. The predicted octanol–water partition coefficient (Wildman–Crippen LogP) is 2.55. The highest BCUT2D eigenvalue weighted by Gasteiger charge is 2.44.